The van der Waals surface area contributed by atoms with Crippen LogP contribution in [0.2, 0.25) is 0 Å². The number of allylic oxidation sites excluding steroid dienone is 1. The second-order valence-corrected chi connectivity index (χ2v) is 18.6. The van der Waals surface area contributed by atoms with Crippen molar-refractivity contribution >= 4 is 5.97 Å². The third kappa shape index (κ3) is 8.93. The van der Waals surface area contributed by atoms with Gasteiger partial charge in [0.15, 0.2) is 0 Å². The van der Waals surface area contributed by atoms with Gasteiger partial charge < -0.3 is 9.15 Å². The first-order chi connectivity index (χ1) is 23.5. The van der Waals surface area contributed by atoms with Gasteiger partial charge >= 0.3 is 5.97 Å². The molecule has 0 saturated heterocycles. The summed E-state index contributed by atoms with van der Waals surface area (Å²) in [5.74, 6) is 7.63. The van der Waals surface area contributed by atoms with Crippen LogP contribution in [0.4, 0.5) is 0 Å². The molecule has 278 valence electrons. The molecule has 3 fully saturated rings. The molecular formula is C46H76O3. The van der Waals surface area contributed by atoms with Crippen molar-refractivity contribution in [3.63, 3.8) is 0 Å². The number of ether oxygens (including phenoxy) is 1. The van der Waals surface area contributed by atoms with E-state index in [0.29, 0.717) is 17.3 Å². The topological polar surface area (TPSA) is 39.4 Å². The maximum absolute atomic E-state index is 12.9. The normalized spacial score (nSPS) is 31.6. The SMILES string of the molecule is CCCCCCc1oc(CCCCCCC(=O)OC2CCC3(C)C(=CCC4C3CCC3(C)C(C(C)CCCC(C)C)CCC43)C2)c(C)c1C. The zero-order valence-electron chi connectivity index (χ0n) is 33.4. The molecule has 3 heteroatoms. The van der Waals surface area contributed by atoms with Crippen molar-refractivity contribution in [2.75, 3.05) is 0 Å². The number of carbonyl (C=O) groups excluding carboxylic acids is 1. The van der Waals surface area contributed by atoms with Gasteiger partial charge in [-0.15, -0.1) is 0 Å². The zero-order valence-corrected chi connectivity index (χ0v) is 33.4. The Morgan fingerprint density at radius 3 is 2.22 bits per heavy atom. The van der Waals surface area contributed by atoms with Crippen molar-refractivity contribution in [3.05, 3.63) is 34.3 Å². The smallest absolute Gasteiger partial charge is 0.306 e. The Balaban J connectivity index is 1.03. The van der Waals surface area contributed by atoms with E-state index < -0.39 is 0 Å². The van der Waals surface area contributed by atoms with E-state index in [1.165, 1.54) is 106 Å². The maximum Gasteiger partial charge on any atom is 0.306 e. The predicted molar refractivity (Wildman–Crippen MR) is 206 cm³/mol. The van der Waals surface area contributed by atoms with Crippen LogP contribution < -0.4 is 0 Å². The van der Waals surface area contributed by atoms with Gasteiger partial charge in [0.1, 0.15) is 17.6 Å². The summed E-state index contributed by atoms with van der Waals surface area (Å²) < 4.78 is 12.5. The molecule has 1 aromatic heterocycles. The van der Waals surface area contributed by atoms with Gasteiger partial charge in [0.25, 0.3) is 0 Å². The summed E-state index contributed by atoms with van der Waals surface area (Å²) in [5, 5.41) is 0. The standard InChI is InChI=1S/C46H76O3/c1-9-10-11-14-20-42-34(5)35(6)43(49-42)21-15-12-13-16-22-44(47)48-37-27-29-45(7)36(31-37)23-24-38-40-26-25-39(33(4)19-17-18-32(2)3)46(40,8)30-28-41(38)45/h23,32-33,37-41H,9-22,24-31H2,1-8H3. The minimum absolute atomic E-state index is 0.0288. The molecule has 3 nitrogen and oxygen atoms in total. The van der Waals surface area contributed by atoms with Crippen molar-refractivity contribution in [3.8, 4) is 0 Å². The van der Waals surface area contributed by atoms with E-state index in [0.717, 1.165) is 86.9 Å². The largest absolute Gasteiger partial charge is 0.466 e. The maximum atomic E-state index is 12.9. The Morgan fingerprint density at radius 2 is 1.53 bits per heavy atom. The fourth-order valence-corrected chi connectivity index (χ4v) is 11.8. The van der Waals surface area contributed by atoms with Crippen LogP contribution in [-0.4, -0.2) is 12.1 Å². The number of unbranched alkanes of at least 4 members (excludes halogenated alkanes) is 6. The molecule has 4 aliphatic rings. The van der Waals surface area contributed by atoms with Gasteiger partial charge in [-0.05, 0) is 136 Å². The fraction of sp³-hybridized carbons (Fsp3) is 0.848. The number of furan rings is 1. The van der Waals surface area contributed by atoms with Crippen molar-refractivity contribution in [2.24, 2.45) is 46.3 Å². The molecule has 4 aliphatic carbocycles. The molecular weight excluding hydrogens is 601 g/mol. The molecule has 3 saturated carbocycles. The Bertz CT molecular complexity index is 1240. The van der Waals surface area contributed by atoms with Crippen LogP contribution in [0.5, 0.6) is 0 Å². The number of hydrogen-bond donors (Lipinski definition) is 0. The van der Waals surface area contributed by atoms with E-state index in [-0.39, 0.29) is 12.1 Å². The molecule has 0 spiro atoms. The van der Waals surface area contributed by atoms with E-state index in [4.69, 9.17) is 9.15 Å². The lowest BCUT2D eigenvalue weighted by Gasteiger charge is -2.58. The van der Waals surface area contributed by atoms with E-state index >= 15 is 0 Å². The highest BCUT2D eigenvalue weighted by molar-refractivity contribution is 5.69. The molecule has 8 unspecified atom stereocenters. The summed E-state index contributed by atoms with van der Waals surface area (Å²) in [5.41, 5.74) is 5.20. The Kier molecular flexibility index (Phi) is 13.7. The monoisotopic (exact) mass is 677 g/mol. The summed E-state index contributed by atoms with van der Waals surface area (Å²) in [6, 6.07) is 0. The third-order valence-electron chi connectivity index (χ3n) is 15.0. The highest BCUT2D eigenvalue weighted by Crippen LogP contribution is 2.67. The Labute approximate surface area is 302 Å². The van der Waals surface area contributed by atoms with Crippen LogP contribution in [0, 0.1) is 60.2 Å². The van der Waals surface area contributed by atoms with E-state index in [9.17, 15) is 4.79 Å². The zero-order chi connectivity index (χ0) is 35.2. The van der Waals surface area contributed by atoms with Gasteiger partial charge in [-0.3, -0.25) is 4.79 Å². The van der Waals surface area contributed by atoms with Gasteiger partial charge in [-0.25, -0.2) is 0 Å². The Hall–Kier alpha value is -1.51. The van der Waals surface area contributed by atoms with Gasteiger partial charge in [0.2, 0.25) is 0 Å². The number of carbonyl (C=O) groups is 1. The number of esters is 1. The second-order valence-electron chi connectivity index (χ2n) is 18.6. The second kappa shape index (κ2) is 17.3. The number of aryl methyl sites for hydroxylation is 2. The molecule has 0 N–H and O–H groups in total. The van der Waals surface area contributed by atoms with Crippen LogP contribution in [0.3, 0.4) is 0 Å². The Morgan fingerprint density at radius 1 is 0.837 bits per heavy atom. The lowest BCUT2D eigenvalue weighted by atomic mass is 9.47. The van der Waals surface area contributed by atoms with E-state index in [1.807, 2.05) is 0 Å². The molecule has 1 aromatic rings. The van der Waals surface area contributed by atoms with Crippen LogP contribution in [0.15, 0.2) is 16.1 Å². The van der Waals surface area contributed by atoms with Gasteiger partial charge in [0.05, 0.1) is 0 Å². The highest BCUT2D eigenvalue weighted by atomic mass is 16.5. The van der Waals surface area contributed by atoms with E-state index in [2.05, 4.69) is 61.5 Å². The summed E-state index contributed by atoms with van der Waals surface area (Å²) in [6.45, 7) is 19.3. The first-order valence-corrected chi connectivity index (χ1v) is 21.4. The van der Waals surface area contributed by atoms with E-state index in [1.54, 1.807) is 5.57 Å². The van der Waals surface area contributed by atoms with Crippen LogP contribution in [-0.2, 0) is 22.4 Å². The summed E-state index contributed by atoms with van der Waals surface area (Å²) in [7, 11) is 0. The van der Waals surface area contributed by atoms with Crippen molar-refractivity contribution < 1.29 is 13.9 Å². The average molecular weight is 677 g/mol. The minimum Gasteiger partial charge on any atom is -0.466 e. The third-order valence-corrected chi connectivity index (χ3v) is 15.0. The minimum atomic E-state index is 0.0288. The molecule has 1 heterocycles. The molecule has 8 atom stereocenters. The fourth-order valence-electron chi connectivity index (χ4n) is 11.8. The predicted octanol–water partition coefficient (Wildman–Crippen LogP) is 13.5. The molecule has 5 rings (SSSR count). The molecule has 0 radical (unpaired) electrons. The summed E-state index contributed by atoms with van der Waals surface area (Å²) in [6.07, 6.45) is 29.3. The molecule has 0 amide bonds. The summed E-state index contributed by atoms with van der Waals surface area (Å²) >= 11 is 0. The van der Waals surface area contributed by atoms with Crippen molar-refractivity contribution in [1.82, 2.24) is 0 Å². The number of fused-ring (bicyclic) bond motifs is 5. The van der Waals surface area contributed by atoms with Crippen LogP contribution in [0.1, 0.15) is 193 Å². The lowest BCUT2D eigenvalue weighted by Crippen LogP contribution is -2.51. The number of hydrogen-bond acceptors (Lipinski definition) is 3. The quantitative estimate of drug-likeness (QED) is 0.0882. The van der Waals surface area contributed by atoms with Crippen LogP contribution >= 0.6 is 0 Å². The van der Waals surface area contributed by atoms with Gasteiger partial charge in [-0.1, -0.05) is 105 Å². The number of rotatable bonds is 18. The van der Waals surface area contributed by atoms with Crippen LogP contribution in [0.25, 0.3) is 0 Å². The molecule has 0 aromatic carbocycles. The lowest BCUT2D eigenvalue weighted by molar-refractivity contribution is -0.151. The van der Waals surface area contributed by atoms with Crippen molar-refractivity contribution in [1.29, 1.82) is 0 Å². The van der Waals surface area contributed by atoms with Gasteiger partial charge in [0, 0.05) is 25.7 Å². The molecule has 0 bridgehead atoms. The van der Waals surface area contributed by atoms with Gasteiger partial charge in [-0.2, -0.15) is 0 Å². The highest BCUT2D eigenvalue weighted by Gasteiger charge is 2.59. The first kappa shape index (κ1) is 38.7. The average Bonchev–Trinajstić information content (AvgIpc) is 3.56. The molecule has 0 aliphatic heterocycles. The van der Waals surface area contributed by atoms with Crippen molar-refractivity contribution in [2.45, 2.75) is 203 Å². The molecule has 49 heavy (non-hydrogen) atoms. The first-order valence-electron chi connectivity index (χ1n) is 21.4. The summed E-state index contributed by atoms with van der Waals surface area (Å²) in [4.78, 5) is 12.9.